The molecule has 1 heterocycles. The minimum absolute atomic E-state index is 0.109. The number of nitrogens with zero attached hydrogens (tertiary/aromatic N) is 3. The topological polar surface area (TPSA) is 49.2 Å². The van der Waals surface area contributed by atoms with Gasteiger partial charge in [-0.25, -0.2) is 4.39 Å². The zero-order chi connectivity index (χ0) is 18.5. The van der Waals surface area contributed by atoms with Crippen molar-refractivity contribution in [1.29, 1.82) is 0 Å². The third kappa shape index (κ3) is 3.07. The van der Waals surface area contributed by atoms with E-state index in [0.717, 1.165) is 25.7 Å². The maximum absolute atomic E-state index is 14.9. The summed E-state index contributed by atoms with van der Waals surface area (Å²) >= 11 is 0. The lowest BCUT2D eigenvalue weighted by Crippen LogP contribution is -2.46. The number of phenols is 1. The van der Waals surface area contributed by atoms with E-state index < -0.39 is 6.17 Å². The Morgan fingerprint density at radius 1 is 1.04 bits per heavy atom. The van der Waals surface area contributed by atoms with Gasteiger partial charge in [0.1, 0.15) is 11.9 Å². The molecule has 2 aromatic rings. The Hall–Kier alpha value is -2.17. The molecule has 5 heteroatoms. The Morgan fingerprint density at radius 2 is 1.89 bits per heavy atom. The van der Waals surface area contributed by atoms with Gasteiger partial charge in [0, 0.05) is 12.6 Å². The number of halogens is 1. The summed E-state index contributed by atoms with van der Waals surface area (Å²) in [6, 6.07) is 9.49. The SMILES string of the molecule is CN(c1ccc(-c2ccc(C3CC3)cc2O)nn1)[C@H]1C[C@@H]2CC[C@@H](C2)[C@H]1F. The molecule has 0 saturated heterocycles. The van der Waals surface area contributed by atoms with E-state index in [-0.39, 0.29) is 17.7 Å². The molecular weight excluding hydrogens is 341 g/mol. The number of anilines is 1. The van der Waals surface area contributed by atoms with E-state index >= 15 is 0 Å². The van der Waals surface area contributed by atoms with Crippen molar-refractivity contribution < 1.29 is 9.50 Å². The van der Waals surface area contributed by atoms with Crippen LogP contribution in [0.4, 0.5) is 10.2 Å². The number of fused-ring (bicyclic) bond motifs is 2. The average molecular weight is 367 g/mol. The summed E-state index contributed by atoms with van der Waals surface area (Å²) in [4.78, 5) is 1.96. The van der Waals surface area contributed by atoms with Gasteiger partial charge in [-0.15, -0.1) is 10.2 Å². The number of aromatic nitrogens is 2. The highest BCUT2D eigenvalue weighted by Crippen LogP contribution is 2.45. The van der Waals surface area contributed by atoms with Crippen LogP contribution in [0, 0.1) is 11.8 Å². The summed E-state index contributed by atoms with van der Waals surface area (Å²) in [5.41, 5.74) is 2.54. The molecule has 1 aromatic heterocycles. The quantitative estimate of drug-likeness (QED) is 0.852. The minimum atomic E-state index is -0.783. The van der Waals surface area contributed by atoms with Crippen molar-refractivity contribution in [2.24, 2.45) is 11.8 Å². The van der Waals surface area contributed by atoms with Crippen molar-refractivity contribution in [2.75, 3.05) is 11.9 Å². The van der Waals surface area contributed by atoms with Crippen molar-refractivity contribution >= 4 is 5.82 Å². The Labute approximate surface area is 159 Å². The molecule has 142 valence electrons. The monoisotopic (exact) mass is 367 g/mol. The van der Waals surface area contributed by atoms with Crippen LogP contribution in [0.1, 0.15) is 50.0 Å². The average Bonchev–Trinajstić information content (AvgIpc) is 3.46. The maximum Gasteiger partial charge on any atom is 0.151 e. The molecule has 3 saturated carbocycles. The molecular formula is C22H26FN3O. The van der Waals surface area contributed by atoms with Crippen LogP contribution < -0.4 is 4.90 Å². The van der Waals surface area contributed by atoms with Crippen LogP contribution >= 0.6 is 0 Å². The van der Waals surface area contributed by atoms with E-state index in [0.29, 0.717) is 28.9 Å². The number of hydrogen-bond acceptors (Lipinski definition) is 4. The van der Waals surface area contributed by atoms with Crippen molar-refractivity contribution in [1.82, 2.24) is 10.2 Å². The first-order valence-electron chi connectivity index (χ1n) is 10.1. The van der Waals surface area contributed by atoms with Gasteiger partial charge in [0.05, 0.1) is 11.7 Å². The predicted octanol–water partition coefficient (Wildman–Crippen LogP) is 4.69. The molecule has 3 fully saturated rings. The third-order valence-electron chi connectivity index (χ3n) is 6.83. The molecule has 0 radical (unpaired) electrons. The standard InChI is InChI=1S/C22H26FN3O/c1-26(19-11-13-2-3-16(10-13)22(19)23)21-9-8-18(24-25-21)17-7-6-15(12-20(17)27)14-4-5-14/h6-9,12-14,16,19,22,27H,2-5,10-11H2,1H3/t13-,16+,19+,22-/m1/s1. The molecule has 0 unspecified atom stereocenters. The predicted molar refractivity (Wildman–Crippen MR) is 104 cm³/mol. The highest BCUT2D eigenvalue weighted by Gasteiger charge is 2.44. The van der Waals surface area contributed by atoms with Gasteiger partial charge in [-0.2, -0.15) is 0 Å². The molecule has 4 nitrogen and oxygen atoms in total. The van der Waals surface area contributed by atoms with E-state index in [1.165, 1.54) is 18.4 Å². The van der Waals surface area contributed by atoms with Gasteiger partial charge in [-0.05, 0) is 86.1 Å². The van der Waals surface area contributed by atoms with Gasteiger partial charge in [-0.1, -0.05) is 6.07 Å². The maximum atomic E-state index is 14.9. The Morgan fingerprint density at radius 3 is 2.59 bits per heavy atom. The van der Waals surface area contributed by atoms with Crippen molar-refractivity contribution in [3.05, 3.63) is 35.9 Å². The lowest BCUT2D eigenvalue weighted by molar-refractivity contribution is 0.144. The Kier molecular flexibility index (Phi) is 4.06. The molecule has 4 atom stereocenters. The van der Waals surface area contributed by atoms with E-state index in [2.05, 4.69) is 16.3 Å². The van der Waals surface area contributed by atoms with Gasteiger partial charge in [0.25, 0.3) is 0 Å². The van der Waals surface area contributed by atoms with E-state index in [4.69, 9.17) is 0 Å². The Balaban J connectivity index is 1.35. The van der Waals surface area contributed by atoms with Gasteiger partial charge < -0.3 is 10.0 Å². The molecule has 27 heavy (non-hydrogen) atoms. The Bertz CT molecular complexity index is 836. The molecule has 3 aliphatic carbocycles. The van der Waals surface area contributed by atoms with Gasteiger partial charge >= 0.3 is 0 Å². The lowest BCUT2D eigenvalue weighted by Gasteiger charge is -2.38. The number of phenolic OH excluding ortho intramolecular Hbond substituents is 1. The number of aromatic hydroxyl groups is 1. The summed E-state index contributed by atoms with van der Waals surface area (Å²) in [6.07, 6.45) is 5.77. The van der Waals surface area contributed by atoms with Gasteiger partial charge in [0.2, 0.25) is 0 Å². The van der Waals surface area contributed by atoms with Crippen LogP contribution in [0.25, 0.3) is 11.3 Å². The molecule has 0 amide bonds. The summed E-state index contributed by atoms with van der Waals surface area (Å²) < 4.78 is 14.9. The fraction of sp³-hybridized carbons (Fsp3) is 0.545. The molecule has 0 spiro atoms. The molecule has 1 aromatic carbocycles. The second-order valence-corrected chi connectivity index (χ2v) is 8.63. The van der Waals surface area contributed by atoms with Crippen LogP contribution in [0.15, 0.2) is 30.3 Å². The fourth-order valence-corrected chi connectivity index (χ4v) is 5.04. The summed E-state index contributed by atoms with van der Waals surface area (Å²) in [5, 5.41) is 19.0. The number of hydrogen-bond donors (Lipinski definition) is 1. The highest BCUT2D eigenvalue weighted by atomic mass is 19.1. The first kappa shape index (κ1) is 17.0. The van der Waals surface area contributed by atoms with Crippen LogP contribution in [0.5, 0.6) is 5.75 Å². The van der Waals surface area contributed by atoms with E-state index in [1.807, 2.05) is 36.2 Å². The smallest absolute Gasteiger partial charge is 0.151 e. The summed E-state index contributed by atoms with van der Waals surface area (Å²) in [5.74, 6) is 2.42. The number of benzene rings is 1. The molecule has 2 bridgehead atoms. The molecule has 5 rings (SSSR count). The van der Waals surface area contributed by atoms with Crippen LogP contribution in [-0.2, 0) is 0 Å². The van der Waals surface area contributed by atoms with Crippen molar-refractivity contribution in [2.45, 2.75) is 56.7 Å². The zero-order valence-electron chi connectivity index (χ0n) is 15.7. The summed E-state index contributed by atoms with van der Waals surface area (Å²) in [6.45, 7) is 0. The van der Waals surface area contributed by atoms with Crippen molar-refractivity contribution in [3.63, 3.8) is 0 Å². The van der Waals surface area contributed by atoms with E-state index in [1.54, 1.807) is 0 Å². The van der Waals surface area contributed by atoms with Crippen LogP contribution in [0.2, 0.25) is 0 Å². The van der Waals surface area contributed by atoms with E-state index in [9.17, 15) is 9.50 Å². The number of rotatable bonds is 4. The fourth-order valence-electron chi connectivity index (χ4n) is 5.04. The van der Waals surface area contributed by atoms with Crippen LogP contribution in [-0.4, -0.2) is 34.6 Å². The normalized spacial score (nSPS) is 29.7. The first-order valence-corrected chi connectivity index (χ1v) is 10.1. The third-order valence-corrected chi connectivity index (χ3v) is 6.83. The summed E-state index contributed by atoms with van der Waals surface area (Å²) in [7, 11) is 1.92. The lowest BCUT2D eigenvalue weighted by atomic mass is 9.83. The zero-order valence-corrected chi connectivity index (χ0v) is 15.7. The second kappa shape index (κ2) is 6.47. The molecule has 1 N–H and O–H groups in total. The molecule has 3 aliphatic rings. The first-order chi connectivity index (χ1) is 13.1. The van der Waals surface area contributed by atoms with Gasteiger partial charge in [0.15, 0.2) is 5.82 Å². The second-order valence-electron chi connectivity index (χ2n) is 8.63. The van der Waals surface area contributed by atoms with Crippen molar-refractivity contribution in [3.8, 4) is 17.0 Å². The highest BCUT2D eigenvalue weighted by molar-refractivity contribution is 5.67. The van der Waals surface area contributed by atoms with Gasteiger partial charge in [-0.3, -0.25) is 0 Å². The molecule has 0 aliphatic heterocycles. The van der Waals surface area contributed by atoms with Crippen LogP contribution in [0.3, 0.4) is 0 Å². The minimum Gasteiger partial charge on any atom is -0.507 e. The largest absolute Gasteiger partial charge is 0.507 e. The number of alkyl halides is 1.